The molecule has 0 unspecified atom stereocenters. The van der Waals surface area contributed by atoms with Crippen LogP contribution in [0.5, 0.6) is 0 Å². The van der Waals surface area contributed by atoms with Crippen LogP contribution >= 0.6 is 0 Å². The second kappa shape index (κ2) is 14.2. The van der Waals surface area contributed by atoms with Crippen molar-refractivity contribution in [1.29, 1.82) is 0 Å². The fraction of sp³-hybridized carbons (Fsp3) is 0.550. The molecule has 0 radical (unpaired) electrons. The van der Waals surface area contributed by atoms with Gasteiger partial charge in [-0.25, -0.2) is 0 Å². The molecule has 0 aliphatic carbocycles. The maximum absolute atomic E-state index is 11.1. The van der Waals surface area contributed by atoms with E-state index in [1.54, 1.807) is 6.08 Å². The SMILES string of the molecule is CC(C)=CCCC(=CCCC(C=O)=CCCC(C)=CCO)CO. The number of aliphatic hydroxyl groups excluding tert-OH is 2. The number of carbonyl (C=O) groups is 1. The number of aldehydes is 1. The first kappa shape index (κ1) is 21.6. The summed E-state index contributed by atoms with van der Waals surface area (Å²) < 4.78 is 0. The van der Waals surface area contributed by atoms with Crippen molar-refractivity contribution >= 4 is 6.29 Å². The molecule has 0 rings (SSSR count). The van der Waals surface area contributed by atoms with Crippen molar-refractivity contribution in [3.05, 3.63) is 46.6 Å². The largest absolute Gasteiger partial charge is 0.392 e. The molecule has 0 atom stereocenters. The van der Waals surface area contributed by atoms with E-state index < -0.39 is 0 Å². The van der Waals surface area contributed by atoms with Gasteiger partial charge in [-0.1, -0.05) is 35.5 Å². The monoisotopic (exact) mass is 320 g/mol. The van der Waals surface area contributed by atoms with Gasteiger partial charge in [0.05, 0.1) is 13.2 Å². The van der Waals surface area contributed by atoms with Gasteiger partial charge in [0.1, 0.15) is 6.29 Å². The lowest BCUT2D eigenvalue weighted by Gasteiger charge is -2.03. The van der Waals surface area contributed by atoms with Crippen LogP contribution in [0.15, 0.2) is 46.6 Å². The first-order valence-corrected chi connectivity index (χ1v) is 8.36. The zero-order valence-corrected chi connectivity index (χ0v) is 14.8. The standard InChI is InChI=1S/C20H32O3/c1-17(2)7-4-9-19(15-22)11-6-12-20(16-23)10-5-8-18(3)13-14-21/h7,10-11,13,16,21-22H,4-6,8-9,12,14-15H2,1-3H3. The van der Waals surface area contributed by atoms with Crippen molar-refractivity contribution in [3.8, 4) is 0 Å². The summed E-state index contributed by atoms with van der Waals surface area (Å²) in [5.41, 5.74) is 4.27. The third kappa shape index (κ3) is 12.8. The van der Waals surface area contributed by atoms with Gasteiger partial charge in [-0.3, -0.25) is 4.79 Å². The lowest BCUT2D eigenvalue weighted by molar-refractivity contribution is -0.105. The molecule has 130 valence electrons. The third-order valence-corrected chi connectivity index (χ3v) is 3.62. The zero-order valence-electron chi connectivity index (χ0n) is 14.8. The second-order valence-electron chi connectivity index (χ2n) is 6.05. The first-order valence-electron chi connectivity index (χ1n) is 8.36. The topological polar surface area (TPSA) is 57.5 Å². The van der Waals surface area contributed by atoms with Gasteiger partial charge in [-0.2, -0.15) is 0 Å². The van der Waals surface area contributed by atoms with Crippen molar-refractivity contribution in [2.45, 2.75) is 59.3 Å². The number of hydrogen-bond acceptors (Lipinski definition) is 3. The highest BCUT2D eigenvalue weighted by atomic mass is 16.3. The highest BCUT2D eigenvalue weighted by molar-refractivity contribution is 5.73. The van der Waals surface area contributed by atoms with Crippen molar-refractivity contribution in [2.75, 3.05) is 13.2 Å². The predicted octanol–water partition coefficient (Wildman–Crippen LogP) is 4.28. The Labute approximate surface area is 141 Å². The Balaban J connectivity index is 4.31. The minimum atomic E-state index is 0.0670. The quantitative estimate of drug-likeness (QED) is 0.321. The molecule has 3 heteroatoms. The smallest absolute Gasteiger partial charge is 0.145 e. The Morgan fingerprint density at radius 2 is 1.48 bits per heavy atom. The van der Waals surface area contributed by atoms with Crippen LogP contribution in [0, 0.1) is 0 Å². The Bertz CT molecular complexity index is 450. The Hall–Kier alpha value is -1.45. The van der Waals surface area contributed by atoms with Crippen molar-refractivity contribution < 1.29 is 15.0 Å². The van der Waals surface area contributed by atoms with Crippen LogP contribution in [-0.2, 0) is 4.79 Å². The van der Waals surface area contributed by atoms with Crippen molar-refractivity contribution in [2.24, 2.45) is 0 Å². The highest BCUT2D eigenvalue weighted by Crippen LogP contribution is 2.13. The molecule has 0 aromatic heterocycles. The van der Waals surface area contributed by atoms with Gasteiger partial charge in [0, 0.05) is 0 Å². The third-order valence-electron chi connectivity index (χ3n) is 3.62. The molecule has 0 amide bonds. The summed E-state index contributed by atoms with van der Waals surface area (Å²) in [6, 6.07) is 0. The fourth-order valence-corrected chi connectivity index (χ4v) is 2.19. The fourth-order valence-electron chi connectivity index (χ4n) is 2.19. The van der Waals surface area contributed by atoms with E-state index in [-0.39, 0.29) is 13.2 Å². The molecule has 0 saturated heterocycles. The zero-order chi connectivity index (χ0) is 17.5. The Morgan fingerprint density at radius 3 is 2.04 bits per heavy atom. The van der Waals surface area contributed by atoms with Gasteiger partial charge < -0.3 is 10.2 Å². The maximum atomic E-state index is 11.1. The van der Waals surface area contributed by atoms with Gasteiger partial charge in [0.25, 0.3) is 0 Å². The van der Waals surface area contributed by atoms with Gasteiger partial charge in [0.15, 0.2) is 0 Å². The molecule has 0 heterocycles. The first-order chi connectivity index (χ1) is 11.0. The molecule has 0 aromatic carbocycles. The van der Waals surface area contributed by atoms with Crippen molar-refractivity contribution in [1.82, 2.24) is 0 Å². The lowest BCUT2D eigenvalue weighted by atomic mass is 10.0. The number of aliphatic hydroxyl groups is 2. The van der Waals surface area contributed by atoms with Crippen LogP contribution in [0.25, 0.3) is 0 Å². The Morgan fingerprint density at radius 1 is 0.826 bits per heavy atom. The number of allylic oxidation sites excluding steroid dienone is 6. The molecular formula is C20H32O3. The van der Waals surface area contributed by atoms with Crippen LogP contribution in [-0.4, -0.2) is 29.7 Å². The number of carbonyl (C=O) groups excluding carboxylic acids is 1. The van der Waals surface area contributed by atoms with Crippen LogP contribution in [0.4, 0.5) is 0 Å². The van der Waals surface area contributed by atoms with Crippen molar-refractivity contribution in [3.63, 3.8) is 0 Å². The molecule has 23 heavy (non-hydrogen) atoms. The minimum absolute atomic E-state index is 0.0670. The molecule has 0 saturated carbocycles. The molecular weight excluding hydrogens is 288 g/mol. The average Bonchev–Trinajstić information content (AvgIpc) is 2.51. The van der Waals surface area contributed by atoms with E-state index in [0.717, 1.165) is 55.1 Å². The van der Waals surface area contributed by atoms with E-state index in [9.17, 15) is 9.90 Å². The summed E-state index contributed by atoms with van der Waals surface area (Å²) in [6.07, 6.45) is 13.9. The van der Waals surface area contributed by atoms with E-state index in [4.69, 9.17) is 5.11 Å². The van der Waals surface area contributed by atoms with E-state index in [1.807, 2.05) is 19.1 Å². The van der Waals surface area contributed by atoms with E-state index in [0.29, 0.717) is 6.42 Å². The molecule has 0 aromatic rings. The van der Waals surface area contributed by atoms with Gasteiger partial charge in [-0.15, -0.1) is 0 Å². The summed E-state index contributed by atoms with van der Waals surface area (Å²) in [5.74, 6) is 0. The normalized spacial score (nSPS) is 13.2. The minimum Gasteiger partial charge on any atom is -0.392 e. The Kier molecular flexibility index (Phi) is 13.3. The van der Waals surface area contributed by atoms with Crippen LogP contribution < -0.4 is 0 Å². The summed E-state index contributed by atoms with van der Waals surface area (Å²) >= 11 is 0. The average molecular weight is 320 g/mol. The van der Waals surface area contributed by atoms with Gasteiger partial charge in [-0.05, 0) is 70.4 Å². The lowest BCUT2D eigenvalue weighted by Crippen LogP contribution is -1.92. The second-order valence-corrected chi connectivity index (χ2v) is 6.05. The molecule has 3 nitrogen and oxygen atoms in total. The predicted molar refractivity (Wildman–Crippen MR) is 97.3 cm³/mol. The van der Waals surface area contributed by atoms with Crippen LogP contribution in [0.1, 0.15) is 59.3 Å². The summed E-state index contributed by atoms with van der Waals surface area (Å²) in [7, 11) is 0. The summed E-state index contributed by atoms with van der Waals surface area (Å²) in [5, 5.41) is 18.2. The maximum Gasteiger partial charge on any atom is 0.145 e. The van der Waals surface area contributed by atoms with E-state index in [1.165, 1.54) is 5.57 Å². The molecule has 0 spiro atoms. The summed E-state index contributed by atoms with van der Waals surface area (Å²) in [6.45, 7) is 6.27. The molecule has 0 aliphatic rings. The molecule has 0 bridgehead atoms. The van der Waals surface area contributed by atoms with Gasteiger partial charge >= 0.3 is 0 Å². The van der Waals surface area contributed by atoms with Crippen LogP contribution in [0.2, 0.25) is 0 Å². The van der Waals surface area contributed by atoms with E-state index in [2.05, 4.69) is 19.9 Å². The molecule has 2 N–H and O–H groups in total. The van der Waals surface area contributed by atoms with Crippen LogP contribution in [0.3, 0.4) is 0 Å². The van der Waals surface area contributed by atoms with Gasteiger partial charge in [0.2, 0.25) is 0 Å². The molecule has 0 aliphatic heterocycles. The number of hydrogen-bond donors (Lipinski definition) is 2. The molecule has 0 fully saturated rings. The number of rotatable bonds is 12. The highest BCUT2D eigenvalue weighted by Gasteiger charge is 1.98. The van der Waals surface area contributed by atoms with E-state index >= 15 is 0 Å². The summed E-state index contributed by atoms with van der Waals surface area (Å²) in [4.78, 5) is 11.1.